The van der Waals surface area contributed by atoms with E-state index in [1.165, 1.54) is 5.56 Å². The Labute approximate surface area is 327 Å². The summed E-state index contributed by atoms with van der Waals surface area (Å²) < 4.78 is 6.13. The van der Waals surface area contributed by atoms with Crippen LogP contribution in [0.25, 0.3) is 112 Å². The van der Waals surface area contributed by atoms with Crippen LogP contribution in [0.1, 0.15) is 0 Å². The van der Waals surface area contributed by atoms with E-state index in [-0.39, 0.29) is 0 Å². The summed E-state index contributed by atoms with van der Waals surface area (Å²) in [6, 6.07) is 64.3. The van der Waals surface area contributed by atoms with Crippen LogP contribution in [0.4, 0.5) is 0 Å². The van der Waals surface area contributed by atoms with E-state index in [1.54, 1.807) is 0 Å². The molecule has 266 valence electrons. The van der Waals surface area contributed by atoms with Crippen molar-refractivity contribution in [3.63, 3.8) is 0 Å². The molecule has 3 aromatic heterocycles. The molecule has 0 fully saturated rings. The molecule has 0 spiro atoms. The third-order valence-electron chi connectivity index (χ3n) is 10.5. The number of hydrogen-bond donors (Lipinski definition) is 0. The fourth-order valence-electron chi connectivity index (χ4n) is 7.56. The van der Waals surface area contributed by atoms with Crippen molar-refractivity contribution in [2.45, 2.75) is 0 Å². The summed E-state index contributed by atoms with van der Waals surface area (Å²) in [7, 11) is 0. The molecule has 0 aliphatic heterocycles. The highest BCUT2D eigenvalue weighted by atomic mass is 16.3. The Morgan fingerprint density at radius 1 is 0.246 bits per heavy atom. The third kappa shape index (κ3) is 6.06. The maximum absolute atomic E-state index is 6.13. The zero-order chi connectivity index (χ0) is 37.7. The molecule has 0 saturated carbocycles. The van der Waals surface area contributed by atoms with Gasteiger partial charge in [-0.2, -0.15) is 0 Å². The third-order valence-corrected chi connectivity index (χ3v) is 10.5. The van der Waals surface area contributed by atoms with Crippen LogP contribution in [0.2, 0.25) is 0 Å². The molecule has 0 radical (unpaired) electrons. The number of fused-ring (bicyclic) bond motifs is 5. The molecule has 0 bridgehead atoms. The van der Waals surface area contributed by atoms with Gasteiger partial charge in [0, 0.05) is 33.5 Å². The van der Waals surface area contributed by atoms with E-state index in [4.69, 9.17) is 29.3 Å². The molecular weight excluding hydrogens is 699 g/mol. The number of rotatable bonds is 6. The predicted molar refractivity (Wildman–Crippen MR) is 230 cm³/mol. The Bertz CT molecular complexity index is 3270. The summed E-state index contributed by atoms with van der Waals surface area (Å²) in [5, 5.41) is 2.13. The predicted octanol–water partition coefficient (Wildman–Crippen LogP) is 12.9. The van der Waals surface area contributed by atoms with Crippen molar-refractivity contribution in [3.05, 3.63) is 188 Å². The normalized spacial score (nSPS) is 11.5. The number of nitrogens with zero attached hydrogens (tertiary/aromatic N) is 5. The SMILES string of the molecule is c1ccc(-c2ccc(-c3nc(-c4ccccc4)nc(-c4cccc(-c5ccc(-c6ccc7nc8cc9c(cc8nc7c6)oc6ccccc69)cc5)c4)n3)cc2)cc1. The lowest BCUT2D eigenvalue weighted by Gasteiger charge is -2.11. The number of para-hydroxylation sites is 1. The Morgan fingerprint density at radius 3 is 1.42 bits per heavy atom. The summed E-state index contributed by atoms with van der Waals surface area (Å²) in [6.45, 7) is 0. The van der Waals surface area contributed by atoms with Gasteiger partial charge in [-0.3, -0.25) is 0 Å². The molecule has 0 aliphatic rings. The van der Waals surface area contributed by atoms with Crippen molar-refractivity contribution in [2.75, 3.05) is 0 Å². The minimum atomic E-state index is 0.621. The fraction of sp³-hybridized carbons (Fsp3) is 0. The van der Waals surface area contributed by atoms with Gasteiger partial charge in [0.05, 0.1) is 22.1 Å². The molecule has 0 saturated heterocycles. The van der Waals surface area contributed by atoms with Gasteiger partial charge in [-0.05, 0) is 63.7 Å². The summed E-state index contributed by atoms with van der Waals surface area (Å²) in [4.78, 5) is 24.9. The molecule has 0 unspecified atom stereocenters. The average Bonchev–Trinajstić information content (AvgIpc) is 3.65. The van der Waals surface area contributed by atoms with E-state index in [0.717, 1.165) is 88.5 Å². The van der Waals surface area contributed by atoms with Crippen LogP contribution in [0.5, 0.6) is 0 Å². The maximum Gasteiger partial charge on any atom is 0.164 e. The molecule has 3 heterocycles. The Morgan fingerprint density at radius 2 is 0.702 bits per heavy atom. The molecule has 57 heavy (non-hydrogen) atoms. The molecule has 0 N–H and O–H groups in total. The van der Waals surface area contributed by atoms with Gasteiger partial charge < -0.3 is 4.42 Å². The highest BCUT2D eigenvalue weighted by molar-refractivity contribution is 6.09. The van der Waals surface area contributed by atoms with Gasteiger partial charge in [0.2, 0.25) is 0 Å². The summed E-state index contributed by atoms with van der Waals surface area (Å²) in [6.07, 6.45) is 0. The topological polar surface area (TPSA) is 77.6 Å². The highest BCUT2D eigenvalue weighted by Gasteiger charge is 2.15. The summed E-state index contributed by atoms with van der Waals surface area (Å²) in [5.41, 5.74) is 14.5. The lowest BCUT2D eigenvalue weighted by molar-refractivity contribution is 0.669. The number of hydrogen-bond acceptors (Lipinski definition) is 6. The minimum absolute atomic E-state index is 0.621. The van der Waals surface area contributed by atoms with E-state index < -0.39 is 0 Å². The van der Waals surface area contributed by atoms with Gasteiger partial charge in [0.15, 0.2) is 17.5 Å². The van der Waals surface area contributed by atoms with E-state index >= 15 is 0 Å². The number of aromatic nitrogens is 5. The second kappa shape index (κ2) is 13.5. The Kier molecular flexibility index (Phi) is 7.71. The van der Waals surface area contributed by atoms with Crippen molar-refractivity contribution >= 4 is 44.0 Å². The minimum Gasteiger partial charge on any atom is -0.456 e. The quantitative estimate of drug-likeness (QED) is 0.159. The Hall–Kier alpha value is -7.83. The van der Waals surface area contributed by atoms with E-state index in [1.807, 2.05) is 60.7 Å². The fourth-order valence-corrected chi connectivity index (χ4v) is 7.56. The first-order valence-corrected chi connectivity index (χ1v) is 18.9. The first kappa shape index (κ1) is 32.6. The molecule has 11 rings (SSSR count). The molecule has 11 aromatic rings. The van der Waals surface area contributed by atoms with Crippen LogP contribution < -0.4 is 0 Å². The molecule has 6 nitrogen and oxygen atoms in total. The average molecular weight is 730 g/mol. The molecular formula is C51H31N5O. The van der Waals surface area contributed by atoms with Gasteiger partial charge in [-0.25, -0.2) is 24.9 Å². The standard InChI is InChI=1S/C51H31N5O/c1-3-10-32(11-4-1)33-22-24-37(25-23-33)50-54-49(36-12-5-2-6-13-36)55-51(56-50)40-15-9-14-38(28-40)34-18-20-35(21-19-34)39-26-27-43-44(29-39)53-46-31-48-42(30-45(46)52-43)41-16-7-8-17-47(41)57-48/h1-31H. The molecule has 0 atom stereocenters. The van der Waals surface area contributed by atoms with Crippen LogP contribution in [0, 0.1) is 0 Å². The largest absolute Gasteiger partial charge is 0.456 e. The summed E-state index contributed by atoms with van der Waals surface area (Å²) in [5.74, 6) is 1.88. The van der Waals surface area contributed by atoms with Crippen LogP contribution in [0.15, 0.2) is 192 Å². The summed E-state index contributed by atoms with van der Waals surface area (Å²) >= 11 is 0. The lowest BCUT2D eigenvalue weighted by Crippen LogP contribution is -2.00. The molecule has 0 amide bonds. The van der Waals surface area contributed by atoms with E-state index in [2.05, 4.69) is 127 Å². The van der Waals surface area contributed by atoms with Gasteiger partial charge in [-0.1, -0.05) is 152 Å². The molecule has 0 aliphatic carbocycles. The van der Waals surface area contributed by atoms with Crippen molar-refractivity contribution in [1.82, 2.24) is 24.9 Å². The van der Waals surface area contributed by atoms with Crippen LogP contribution in [0.3, 0.4) is 0 Å². The second-order valence-electron chi connectivity index (χ2n) is 14.1. The lowest BCUT2D eigenvalue weighted by atomic mass is 9.98. The van der Waals surface area contributed by atoms with Gasteiger partial charge in [-0.15, -0.1) is 0 Å². The van der Waals surface area contributed by atoms with Crippen molar-refractivity contribution in [2.24, 2.45) is 0 Å². The monoisotopic (exact) mass is 729 g/mol. The first-order valence-electron chi connectivity index (χ1n) is 18.9. The van der Waals surface area contributed by atoms with Crippen LogP contribution in [-0.4, -0.2) is 24.9 Å². The van der Waals surface area contributed by atoms with Crippen molar-refractivity contribution in [3.8, 4) is 67.5 Å². The molecule has 6 heteroatoms. The van der Waals surface area contributed by atoms with E-state index in [0.29, 0.717) is 17.5 Å². The number of furan rings is 1. The first-order chi connectivity index (χ1) is 28.2. The van der Waals surface area contributed by atoms with Crippen LogP contribution in [-0.2, 0) is 0 Å². The van der Waals surface area contributed by atoms with Gasteiger partial charge in [0.25, 0.3) is 0 Å². The van der Waals surface area contributed by atoms with Gasteiger partial charge in [0.1, 0.15) is 11.2 Å². The van der Waals surface area contributed by atoms with Crippen molar-refractivity contribution in [1.29, 1.82) is 0 Å². The Balaban J connectivity index is 0.912. The van der Waals surface area contributed by atoms with Crippen LogP contribution >= 0.6 is 0 Å². The number of benzene rings is 8. The van der Waals surface area contributed by atoms with E-state index in [9.17, 15) is 0 Å². The second-order valence-corrected chi connectivity index (χ2v) is 14.1. The van der Waals surface area contributed by atoms with Crippen molar-refractivity contribution < 1.29 is 4.42 Å². The van der Waals surface area contributed by atoms with Gasteiger partial charge >= 0.3 is 0 Å². The zero-order valence-corrected chi connectivity index (χ0v) is 30.5. The molecule has 8 aromatic carbocycles. The maximum atomic E-state index is 6.13. The smallest absolute Gasteiger partial charge is 0.164 e. The zero-order valence-electron chi connectivity index (χ0n) is 30.5. The highest BCUT2D eigenvalue weighted by Crippen LogP contribution is 2.34.